The number of benzene rings is 1. The quantitative estimate of drug-likeness (QED) is 0.659. The fraction of sp³-hybridized carbons (Fsp3) is 0.0714. The van der Waals surface area contributed by atoms with Crippen LogP contribution in [0.5, 0.6) is 0 Å². The van der Waals surface area contributed by atoms with E-state index in [0.717, 1.165) is 5.56 Å². The van der Waals surface area contributed by atoms with Crippen molar-refractivity contribution >= 4 is 34.8 Å². The predicted molar refractivity (Wildman–Crippen MR) is 77.7 cm³/mol. The number of aryl methyl sites for hydroxylation is 1. The second kappa shape index (κ2) is 6.16. The van der Waals surface area contributed by atoms with Crippen molar-refractivity contribution in [2.24, 2.45) is 0 Å². The summed E-state index contributed by atoms with van der Waals surface area (Å²) in [6.07, 6.45) is 1.49. The maximum absolute atomic E-state index is 11.8. The van der Waals surface area contributed by atoms with Crippen molar-refractivity contribution in [1.29, 1.82) is 0 Å². The second-order valence-electron chi connectivity index (χ2n) is 4.12. The van der Waals surface area contributed by atoms with Crippen LogP contribution >= 0.6 is 11.6 Å². The van der Waals surface area contributed by atoms with Crippen molar-refractivity contribution in [1.82, 2.24) is 4.98 Å². The SMILES string of the molecule is Cc1cccc(NC(=O)C(=O)Nc2cccnc2Cl)c1. The highest BCUT2D eigenvalue weighted by molar-refractivity contribution is 6.44. The molecule has 0 aliphatic carbocycles. The maximum Gasteiger partial charge on any atom is 0.314 e. The van der Waals surface area contributed by atoms with Crippen molar-refractivity contribution in [3.63, 3.8) is 0 Å². The molecule has 2 aromatic rings. The Kier molecular flexibility index (Phi) is 4.32. The first-order chi connectivity index (χ1) is 9.56. The topological polar surface area (TPSA) is 71.1 Å². The molecule has 0 atom stereocenters. The van der Waals surface area contributed by atoms with E-state index >= 15 is 0 Å². The number of hydrogen-bond donors (Lipinski definition) is 2. The first-order valence-electron chi connectivity index (χ1n) is 5.86. The van der Waals surface area contributed by atoms with Crippen molar-refractivity contribution in [3.05, 3.63) is 53.3 Å². The van der Waals surface area contributed by atoms with E-state index in [1.807, 2.05) is 13.0 Å². The van der Waals surface area contributed by atoms with Gasteiger partial charge in [0.2, 0.25) is 0 Å². The number of carbonyl (C=O) groups excluding carboxylic acids is 2. The number of carbonyl (C=O) groups is 2. The monoisotopic (exact) mass is 289 g/mol. The summed E-state index contributed by atoms with van der Waals surface area (Å²) in [7, 11) is 0. The lowest BCUT2D eigenvalue weighted by atomic mass is 10.2. The molecule has 6 heteroatoms. The van der Waals surface area contributed by atoms with Crippen LogP contribution in [0.15, 0.2) is 42.6 Å². The average molecular weight is 290 g/mol. The molecule has 2 rings (SSSR count). The van der Waals surface area contributed by atoms with Gasteiger partial charge in [-0.25, -0.2) is 4.98 Å². The zero-order valence-corrected chi connectivity index (χ0v) is 11.4. The number of anilines is 2. The third-order valence-electron chi connectivity index (χ3n) is 2.49. The fourth-order valence-corrected chi connectivity index (χ4v) is 1.74. The number of nitrogens with one attached hydrogen (secondary N) is 2. The number of rotatable bonds is 2. The summed E-state index contributed by atoms with van der Waals surface area (Å²) in [4.78, 5) is 27.3. The van der Waals surface area contributed by atoms with Crippen LogP contribution in [0.2, 0.25) is 5.15 Å². The Balaban J connectivity index is 2.03. The summed E-state index contributed by atoms with van der Waals surface area (Å²) in [6.45, 7) is 1.89. The van der Waals surface area contributed by atoms with Gasteiger partial charge in [0.25, 0.3) is 0 Å². The van der Waals surface area contributed by atoms with Crippen LogP contribution in [0.4, 0.5) is 11.4 Å². The minimum atomic E-state index is -0.804. The fourth-order valence-electron chi connectivity index (χ4n) is 1.57. The number of amides is 2. The van der Waals surface area contributed by atoms with E-state index in [1.54, 1.807) is 30.3 Å². The van der Waals surface area contributed by atoms with Crippen molar-refractivity contribution in [3.8, 4) is 0 Å². The van der Waals surface area contributed by atoms with Crippen molar-refractivity contribution < 1.29 is 9.59 Å². The molecular weight excluding hydrogens is 278 g/mol. The van der Waals surface area contributed by atoms with Gasteiger partial charge in [0.15, 0.2) is 5.15 Å². The smallest absolute Gasteiger partial charge is 0.314 e. The van der Waals surface area contributed by atoms with Crippen LogP contribution in [0, 0.1) is 6.92 Å². The van der Waals surface area contributed by atoms with E-state index in [2.05, 4.69) is 15.6 Å². The molecule has 102 valence electrons. The standard InChI is InChI=1S/C14H12ClN3O2/c1-9-4-2-5-10(8-9)17-13(19)14(20)18-11-6-3-7-16-12(11)15/h2-8H,1H3,(H,17,19)(H,18,20). The minimum absolute atomic E-state index is 0.129. The molecule has 0 unspecified atom stereocenters. The summed E-state index contributed by atoms with van der Waals surface area (Å²) in [6, 6.07) is 10.3. The van der Waals surface area contributed by atoms with Gasteiger partial charge >= 0.3 is 11.8 Å². The van der Waals surface area contributed by atoms with Crippen LogP contribution in [0.1, 0.15) is 5.56 Å². The Labute approximate surface area is 121 Å². The zero-order chi connectivity index (χ0) is 14.5. The molecule has 0 bridgehead atoms. The summed E-state index contributed by atoms with van der Waals surface area (Å²) in [5.74, 6) is -1.57. The highest BCUT2D eigenvalue weighted by Gasteiger charge is 2.15. The molecule has 0 aliphatic heterocycles. The molecule has 1 heterocycles. The molecule has 0 saturated heterocycles. The Bertz CT molecular complexity index is 658. The lowest BCUT2D eigenvalue weighted by Crippen LogP contribution is -2.29. The summed E-state index contributed by atoms with van der Waals surface area (Å²) < 4.78 is 0. The van der Waals surface area contributed by atoms with Gasteiger partial charge < -0.3 is 10.6 Å². The molecule has 0 fully saturated rings. The number of aromatic nitrogens is 1. The predicted octanol–water partition coefficient (Wildman–Crippen LogP) is 2.62. The van der Waals surface area contributed by atoms with Gasteiger partial charge in [-0.1, -0.05) is 23.7 Å². The second-order valence-corrected chi connectivity index (χ2v) is 4.48. The van der Waals surface area contributed by atoms with Crippen LogP contribution in [-0.4, -0.2) is 16.8 Å². The highest BCUT2D eigenvalue weighted by Crippen LogP contribution is 2.17. The van der Waals surface area contributed by atoms with Crippen LogP contribution in [0.3, 0.4) is 0 Å². The van der Waals surface area contributed by atoms with Crippen LogP contribution in [-0.2, 0) is 9.59 Å². The lowest BCUT2D eigenvalue weighted by Gasteiger charge is -2.07. The van der Waals surface area contributed by atoms with Gasteiger partial charge in [0.1, 0.15) is 0 Å². The number of halogens is 1. The molecule has 5 nitrogen and oxygen atoms in total. The van der Waals surface area contributed by atoms with Crippen molar-refractivity contribution in [2.45, 2.75) is 6.92 Å². The third kappa shape index (κ3) is 3.55. The van der Waals surface area contributed by atoms with Gasteiger partial charge in [-0.2, -0.15) is 0 Å². The molecule has 2 amide bonds. The number of hydrogen-bond acceptors (Lipinski definition) is 3. The van der Waals surface area contributed by atoms with E-state index in [0.29, 0.717) is 11.4 Å². The first-order valence-corrected chi connectivity index (χ1v) is 6.23. The minimum Gasteiger partial charge on any atom is -0.318 e. The highest BCUT2D eigenvalue weighted by atomic mass is 35.5. The van der Waals surface area contributed by atoms with Crippen LogP contribution in [0.25, 0.3) is 0 Å². The molecule has 0 radical (unpaired) electrons. The number of pyridine rings is 1. The average Bonchev–Trinajstić information content (AvgIpc) is 2.41. The van der Waals surface area contributed by atoms with E-state index in [4.69, 9.17) is 11.6 Å². The van der Waals surface area contributed by atoms with Gasteiger partial charge in [-0.05, 0) is 36.8 Å². The molecular formula is C14H12ClN3O2. The Hall–Kier alpha value is -2.40. The summed E-state index contributed by atoms with van der Waals surface area (Å²) >= 11 is 5.80. The van der Waals surface area contributed by atoms with E-state index < -0.39 is 11.8 Å². The molecule has 2 N–H and O–H groups in total. The Morgan fingerprint density at radius 3 is 2.55 bits per heavy atom. The normalized spacial score (nSPS) is 9.90. The van der Waals surface area contributed by atoms with E-state index in [1.165, 1.54) is 6.20 Å². The molecule has 1 aromatic carbocycles. The van der Waals surface area contributed by atoms with Gasteiger partial charge in [0.05, 0.1) is 5.69 Å². The van der Waals surface area contributed by atoms with Gasteiger partial charge in [0, 0.05) is 11.9 Å². The van der Waals surface area contributed by atoms with Crippen molar-refractivity contribution in [2.75, 3.05) is 10.6 Å². The Morgan fingerprint density at radius 2 is 1.85 bits per heavy atom. The third-order valence-corrected chi connectivity index (χ3v) is 2.79. The van der Waals surface area contributed by atoms with Gasteiger partial charge in [-0.15, -0.1) is 0 Å². The van der Waals surface area contributed by atoms with E-state index in [-0.39, 0.29) is 5.15 Å². The molecule has 1 aromatic heterocycles. The summed E-state index contributed by atoms with van der Waals surface area (Å²) in [5, 5.41) is 5.04. The largest absolute Gasteiger partial charge is 0.318 e. The van der Waals surface area contributed by atoms with Gasteiger partial charge in [-0.3, -0.25) is 9.59 Å². The maximum atomic E-state index is 11.8. The zero-order valence-electron chi connectivity index (χ0n) is 10.7. The molecule has 0 aliphatic rings. The lowest BCUT2D eigenvalue weighted by molar-refractivity contribution is -0.133. The summed E-state index contributed by atoms with van der Waals surface area (Å²) in [5.41, 5.74) is 1.83. The van der Waals surface area contributed by atoms with Crippen LogP contribution < -0.4 is 10.6 Å². The number of nitrogens with zero attached hydrogens (tertiary/aromatic N) is 1. The van der Waals surface area contributed by atoms with E-state index in [9.17, 15) is 9.59 Å². The molecule has 0 saturated carbocycles. The molecule has 20 heavy (non-hydrogen) atoms. The Morgan fingerprint density at radius 1 is 1.10 bits per heavy atom. The first kappa shape index (κ1) is 14.0. The molecule has 0 spiro atoms.